The van der Waals surface area contributed by atoms with E-state index < -0.39 is 40.7 Å². The van der Waals surface area contributed by atoms with Gasteiger partial charge in [0.1, 0.15) is 22.9 Å². The van der Waals surface area contributed by atoms with Gasteiger partial charge < -0.3 is 28.9 Å². The van der Waals surface area contributed by atoms with E-state index in [1.54, 1.807) is 46.5 Å². The molecule has 288 valence electrons. The molecule has 6 rings (SSSR count). The molecule has 2 saturated heterocycles. The van der Waals surface area contributed by atoms with E-state index in [1.807, 2.05) is 53.7 Å². The molecule has 2 aliphatic heterocycles. The number of ether oxygens (including phenoxy) is 4. The number of esters is 2. The first-order chi connectivity index (χ1) is 25.5. The Hall–Kier alpha value is -5.40. The fraction of sp³-hybridized carbons (Fsp3) is 0.500. The Morgan fingerprint density at radius 1 is 0.759 bits per heavy atom. The molecule has 14 nitrogen and oxygen atoms in total. The molecule has 1 aliphatic carbocycles. The number of methoxy groups -OCH3 is 2. The van der Waals surface area contributed by atoms with Crippen LogP contribution < -0.4 is 0 Å². The normalized spacial score (nSPS) is 21.7. The van der Waals surface area contributed by atoms with E-state index in [-0.39, 0.29) is 18.5 Å². The zero-order valence-electron chi connectivity index (χ0n) is 32.3. The maximum absolute atomic E-state index is 13.7. The van der Waals surface area contributed by atoms with Crippen molar-refractivity contribution in [1.82, 2.24) is 29.7 Å². The van der Waals surface area contributed by atoms with E-state index in [2.05, 4.69) is 9.97 Å². The summed E-state index contributed by atoms with van der Waals surface area (Å²) in [6, 6.07) is 6.23. The van der Waals surface area contributed by atoms with Gasteiger partial charge in [-0.05, 0) is 84.4 Å². The molecule has 0 saturated carbocycles. The third-order valence-electron chi connectivity index (χ3n) is 9.91. The number of hydrogen-bond acceptors (Lipinski definition) is 10. The SMILES string of the molecule is COC(=O)C1=C(c2ccccc2C(=O)OC)C=CC(c2cnc(C3CCCN3C(=O)OC(C)(C)C)[nH]2)(c2cnc(C3CCCN3C(=O)OC(C)(C)C)[nH]2)C1. The second kappa shape index (κ2) is 14.8. The van der Waals surface area contributed by atoms with Gasteiger partial charge in [-0.2, -0.15) is 0 Å². The second-order valence-corrected chi connectivity index (χ2v) is 15.9. The summed E-state index contributed by atoms with van der Waals surface area (Å²) in [4.78, 5) is 73.1. The summed E-state index contributed by atoms with van der Waals surface area (Å²) >= 11 is 0. The van der Waals surface area contributed by atoms with Crippen molar-refractivity contribution in [1.29, 1.82) is 0 Å². The molecule has 3 aliphatic rings. The molecule has 14 heteroatoms. The molecular formula is C40H50N6O8. The number of amides is 2. The van der Waals surface area contributed by atoms with Crippen LogP contribution in [0.15, 0.2) is 54.4 Å². The molecule has 0 spiro atoms. The van der Waals surface area contributed by atoms with Crippen LogP contribution in [0, 0.1) is 0 Å². The average Bonchev–Trinajstić information content (AvgIpc) is 3.95. The standard InChI is InChI=1S/C40H50N6O8/c1-38(2,3)53-36(49)45-19-11-15-28(45)32-41-22-30(43-32)40(31-23-42-33(44-31)29-16-12-20-46(29)37(50)54-39(4,5)6)18-17-25(27(21-40)35(48)52-8)24-13-9-10-14-26(24)34(47)51-7/h9-10,13-14,17-18,22-23,28-29H,11-12,15-16,19-21H2,1-8H3,(H,41,43)(H,42,44). The highest BCUT2D eigenvalue weighted by molar-refractivity contribution is 6.05. The fourth-order valence-corrected chi connectivity index (χ4v) is 7.48. The quantitative estimate of drug-likeness (QED) is 0.191. The predicted octanol–water partition coefficient (Wildman–Crippen LogP) is 6.94. The zero-order valence-corrected chi connectivity index (χ0v) is 32.3. The Morgan fingerprint density at radius 2 is 1.26 bits per heavy atom. The molecule has 4 heterocycles. The second-order valence-electron chi connectivity index (χ2n) is 15.9. The number of aromatic amines is 2. The van der Waals surface area contributed by atoms with Gasteiger partial charge in [-0.1, -0.05) is 30.4 Å². The van der Waals surface area contributed by atoms with E-state index in [0.717, 1.165) is 12.8 Å². The molecule has 2 atom stereocenters. The number of imidazole rings is 2. The van der Waals surface area contributed by atoms with Crippen LogP contribution in [0.3, 0.4) is 0 Å². The number of nitrogens with one attached hydrogen (secondary N) is 2. The molecule has 54 heavy (non-hydrogen) atoms. The van der Waals surface area contributed by atoms with E-state index in [1.165, 1.54) is 14.2 Å². The number of nitrogens with zero attached hydrogens (tertiary/aromatic N) is 4. The number of aromatic nitrogens is 4. The van der Waals surface area contributed by atoms with E-state index >= 15 is 0 Å². The van der Waals surface area contributed by atoms with Crippen LogP contribution in [0.4, 0.5) is 9.59 Å². The Bertz CT molecular complexity index is 1890. The molecule has 1 aromatic carbocycles. The number of rotatable bonds is 7. The van der Waals surface area contributed by atoms with E-state index in [4.69, 9.17) is 28.9 Å². The number of carbonyl (C=O) groups is 4. The van der Waals surface area contributed by atoms with Crippen molar-refractivity contribution in [2.45, 2.75) is 102 Å². The summed E-state index contributed by atoms with van der Waals surface area (Å²) in [5.41, 5.74) is 0.521. The van der Waals surface area contributed by atoms with Crippen molar-refractivity contribution in [3.8, 4) is 0 Å². The van der Waals surface area contributed by atoms with Crippen molar-refractivity contribution in [2.75, 3.05) is 27.3 Å². The van der Waals surface area contributed by atoms with Crippen molar-refractivity contribution in [3.05, 3.63) is 88.5 Å². The van der Waals surface area contributed by atoms with Gasteiger partial charge in [-0.25, -0.2) is 29.1 Å². The lowest BCUT2D eigenvalue weighted by atomic mass is 9.71. The molecule has 2 unspecified atom stereocenters. The smallest absolute Gasteiger partial charge is 0.410 e. The average molecular weight is 743 g/mol. The molecule has 3 aromatic rings. The molecule has 2 N–H and O–H groups in total. The maximum atomic E-state index is 13.7. The van der Waals surface area contributed by atoms with Crippen LogP contribution in [-0.4, -0.2) is 92.4 Å². The lowest BCUT2D eigenvalue weighted by Crippen LogP contribution is -2.37. The summed E-state index contributed by atoms with van der Waals surface area (Å²) in [7, 11) is 2.63. The highest BCUT2D eigenvalue weighted by Gasteiger charge is 2.44. The number of benzene rings is 1. The van der Waals surface area contributed by atoms with Gasteiger partial charge >= 0.3 is 24.1 Å². The number of carbonyl (C=O) groups excluding carboxylic acids is 4. The molecular weight excluding hydrogens is 692 g/mol. The Morgan fingerprint density at radius 3 is 1.74 bits per heavy atom. The number of H-pyrrole nitrogens is 2. The zero-order chi connectivity index (χ0) is 39.0. The first kappa shape index (κ1) is 38.3. The number of hydrogen-bond donors (Lipinski definition) is 2. The Kier molecular flexibility index (Phi) is 10.5. The summed E-state index contributed by atoms with van der Waals surface area (Å²) in [6.45, 7) is 12.1. The van der Waals surface area contributed by atoms with Crippen molar-refractivity contribution >= 4 is 29.7 Å². The van der Waals surface area contributed by atoms with Crippen LogP contribution in [0.1, 0.15) is 125 Å². The van der Waals surface area contributed by atoms with Gasteiger partial charge in [-0.3, -0.25) is 9.80 Å². The summed E-state index contributed by atoms with van der Waals surface area (Å²) in [5, 5.41) is 0. The van der Waals surface area contributed by atoms with Gasteiger partial charge in [0, 0.05) is 37.5 Å². The minimum atomic E-state index is -1.07. The predicted molar refractivity (Wildman–Crippen MR) is 198 cm³/mol. The minimum absolute atomic E-state index is 0.0885. The maximum Gasteiger partial charge on any atom is 0.410 e. The van der Waals surface area contributed by atoms with Gasteiger partial charge in [0.15, 0.2) is 0 Å². The molecule has 2 fully saturated rings. The highest BCUT2D eigenvalue weighted by atomic mass is 16.6. The first-order valence-corrected chi connectivity index (χ1v) is 18.3. The van der Waals surface area contributed by atoms with E-state index in [0.29, 0.717) is 71.2 Å². The summed E-state index contributed by atoms with van der Waals surface area (Å²) < 4.78 is 21.9. The van der Waals surface area contributed by atoms with Crippen LogP contribution in [0.25, 0.3) is 5.57 Å². The summed E-state index contributed by atoms with van der Waals surface area (Å²) in [5.74, 6) is 0.0502. The highest BCUT2D eigenvalue weighted by Crippen LogP contribution is 2.46. The van der Waals surface area contributed by atoms with Crippen molar-refractivity contribution in [3.63, 3.8) is 0 Å². The lowest BCUT2D eigenvalue weighted by molar-refractivity contribution is -0.136. The molecule has 2 amide bonds. The third kappa shape index (κ3) is 7.64. The van der Waals surface area contributed by atoms with Gasteiger partial charge in [0.25, 0.3) is 0 Å². The van der Waals surface area contributed by atoms with Crippen LogP contribution >= 0.6 is 0 Å². The molecule has 0 bridgehead atoms. The molecule has 2 aromatic heterocycles. The lowest BCUT2D eigenvalue weighted by Gasteiger charge is -2.33. The third-order valence-corrected chi connectivity index (χ3v) is 9.91. The number of likely N-dealkylation sites (tertiary alicyclic amines) is 2. The largest absolute Gasteiger partial charge is 0.466 e. The first-order valence-electron chi connectivity index (χ1n) is 18.3. The van der Waals surface area contributed by atoms with Crippen LogP contribution in [-0.2, 0) is 29.2 Å². The van der Waals surface area contributed by atoms with E-state index in [9.17, 15) is 19.2 Å². The van der Waals surface area contributed by atoms with Crippen molar-refractivity contribution < 1.29 is 38.1 Å². The van der Waals surface area contributed by atoms with Crippen LogP contribution in [0.2, 0.25) is 0 Å². The monoisotopic (exact) mass is 742 g/mol. The fourth-order valence-electron chi connectivity index (χ4n) is 7.48. The topological polar surface area (TPSA) is 169 Å². The minimum Gasteiger partial charge on any atom is -0.466 e. The van der Waals surface area contributed by atoms with Gasteiger partial charge in [0.2, 0.25) is 0 Å². The Labute approximate surface area is 315 Å². The van der Waals surface area contributed by atoms with Crippen molar-refractivity contribution in [2.24, 2.45) is 0 Å². The number of allylic oxidation sites excluding steroid dienone is 3. The summed E-state index contributed by atoms with van der Waals surface area (Å²) in [6.07, 6.45) is 9.40. The van der Waals surface area contributed by atoms with Gasteiger partial charge in [-0.15, -0.1) is 0 Å². The van der Waals surface area contributed by atoms with Crippen LogP contribution in [0.5, 0.6) is 0 Å². The van der Waals surface area contributed by atoms with Gasteiger partial charge in [0.05, 0.1) is 48.7 Å². The molecule has 0 radical (unpaired) electrons. The Balaban J connectivity index is 1.45.